The van der Waals surface area contributed by atoms with Gasteiger partial charge in [0.1, 0.15) is 23.4 Å². The minimum absolute atomic E-state index is 0.0216. The third-order valence-electron chi connectivity index (χ3n) is 12.1. The summed E-state index contributed by atoms with van der Waals surface area (Å²) in [5.74, 6) is 1.08. The molecular formula is C28H36O6. The molecule has 0 radical (unpaired) electrons. The van der Waals surface area contributed by atoms with E-state index in [9.17, 15) is 14.7 Å². The van der Waals surface area contributed by atoms with Crippen LogP contribution in [-0.2, 0) is 23.8 Å². The Kier molecular flexibility index (Phi) is 4.00. The standard InChI is InChI=1S/C28H36O6/c1-13-10-19(32-24(31)14(13)2)15(3)27-23(33-27)12-18-16-11-22-28(34-22)21(30)7-6-20(29)26(28,5)17(16)8-9-25(18,27)4/h6-7,15-19,21-23,30H,8-12H2,1-5H3/t15-,16-,17+,18-,19-,21+,22-,23-,25+,26+,27-,28-/m1/s1. The van der Waals surface area contributed by atoms with E-state index in [1.54, 1.807) is 12.2 Å². The Bertz CT molecular complexity index is 1080. The number of allylic oxidation sites excluding steroid dienone is 1. The van der Waals surface area contributed by atoms with Crippen LogP contribution < -0.4 is 0 Å². The van der Waals surface area contributed by atoms with Gasteiger partial charge in [-0.25, -0.2) is 4.79 Å². The van der Waals surface area contributed by atoms with Crippen molar-refractivity contribution in [2.45, 2.75) is 102 Å². The number of carbonyl (C=O) groups excluding carboxylic acids is 2. The molecule has 0 unspecified atom stereocenters. The van der Waals surface area contributed by atoms with E-state index in [0.29, 0.717) is 11.8 Å². The number of hydrogen-bond acceptors (Lipinski definition) is 6. The molecule has 1 N–H and O–H groups in total. The van der Waals surface area contributed by atoms with Crippen LogP contribution in [0.1, 0.15) is 66.7 Å². The lowest BCUT2D eigenvalue weighted by Crippen LogP contribution is -2.64. The van der Waals surface area contributed by atoms with E-state index in [4.69, 9.17) is 14.2 Å². The number of ketones is 1. The Balaban J connectivity index is 1.22. The maximum absolute atomic E-state index is 13.3. The van der Waals surface area contributed by atoms with Gasteiger partial charge in [0.05, 0.1) is 17.6 Å². The van der Waals surface area contributed by atoms with Gasteiger partial charge in [-0.1, -0.05) is 19.4 Å². The third-order valence-corrected chi connectivity index (χ3v) is 12.1. The van der Waals surface area contributed by atoms with Crippen molar-refractivity contribution in [3.63, 3.8) is 0 Å². The highest BCUT2D eigenvalue weighted by atomic mass is 16.6. The van der Waals surface area contributed by atoms with Gasteiger partial charge in [-0.2, -0.15) is 0 Å². The molecule has 1 spiro atoms. The normalized spacial score (nSPS) is 57.6. The summed E-state index contributed by atoms with van der Waals surface area (Å²) in [6.07, 6.45) is 7.12. The van der Waals surface area contributed by atoms with Gasteiger partial charge in [0, 0.05) is 23.3 Å². The zero-order valence-corrected chi connectivity index (χ0v) is 20.8. The smallest absolute Gasteiger partial charge is 0.333 e. The fraction of sp³-hybridized carbons (Fsp3) is 0.786. The number of fused-ring (bicyclic) bond motifs is 6. The number of hydrogen-bond donors (Lipinski definition) is 1. The van der Waals surface area contributed by atoms with Crippen molar-refractivity contribution >= 4 is 11.8 Å². The van der Waals surface area contributed by atoms with Crippen molar-refractivity contribution in [3.05, 3.63) is 23.3 Å². The summed E-state index contributed by atoms with van der Waals surface area (Å²) in [5, 5.41) is 10.9. The second-order valence-electron chi connectivity index (χ2n) is 12.8. The summed E-state index contributed by atoms with van der Waals surface area (Å²) < 4.78 is 18.7. The van der Waals surface area contributed by atoms with E-state index in [1.165, 1.54) is 0 Å². The van der Waals surface area contributed by atoms with Crippen LogP contribution in [0.15, 0.2) is 23.3 Å². The Morgan fingerprint density at radius 2 is 1.85 bits per heavy atom. The minimum atomic E-state index is -0.727. The lowest BCUT2D eigenvalue weighted by molar-refractivity contribution is -0.162. The van der Waals surface area contributed by atoms with Gasteiger partial charge in [-0.3, -0.25) is 4.79 Å². The van der Waals surface area contributed by atoms with Crippen molar-refractivity contribution < 1.29 is 28.9 Å². The fourth-order valence-corrected chi connectivity index (χ4v) is 9.96. The number of aliphatic hydroxyl groups is 1. The number of cyclic esters (lactones) is 1. The summed E-state index contributed by atoms with van der Waals surface area (Å²) in [6.45, 7) is 10.6. The summed E-state index contributed by atoms with van der Waals surface area (Å²) in [6, 6.07) is 0. The molecule has 0 aromatic carbocycles. The molecule has 7 rings (SSSR count). The molecule has 0 aromatic heterocycles. The molecule has 0 bridgehead atoms. The molecule has 4 aliphatic carbocycles. The average Bonchev–Trinajstić information content (AvgIpc) is 3.69. The first-order valence-electron chi connectivity index (χ1n) is 13.2. The first-order chi connectivity index (χ1) is 16.0. The number of ether oxygens (including phenoxy) is 3. The molecule has 184 valence electrons. The van der Waals surface area contributed by atoms with Crippen molar-refractivity contribution in [2.75, 3.05) is 0 Å². The van der Waals surface area contributed by atoms with E-state index in [1.807, 2.05) is 13.8 Å². The van der Waals surface area contributed by atoms with E-state index >= 15 is 0 Å². The van der Waals surface area contributed by atoms with Crippen LogP contribution in [0.2, 0.25) is 0 Å². The molecule has 0 amide bonds. The van der Waals surface area contributed by atoms with Crippen LogP contribution >= 0.6 is 0 Å². The Morgan fingerprint density at radius 1 is 1.09 bits per heavy atom. The summed E-state index contributed by atoms with van der Waals surface area (Å²) in [5.41, 5.74) is 0.174. The van der Waals surface area contributed by atoms with Crippen molar-refractivity contribution in [1.82, 2.24) is 0 Å². The van der Waals surface area contributed by atoms with Crippen molar-refractivity contribution in [1.29, 1.82) is 0 Å². The molecule has 0 aromatic rings. The first kappa shape index (κ1) is 21.8. The van der Waals surface area contributed by atoms with Gasteiger partial charge in [0.25, 0.3) is 0 Å². The van der Waals surface area contributed by atoms with Crippen LogP contribution in [0.5, 0.6) is 0 Å². The van der Waals surface area contributed by atoms with Gasteiger partial charge < -0.3 is 19.3 Å². The van der Waals surface area contributed by atoms with Crippen molar-refractivity contribution in [2.24, 2.45) is 34.5 Å². The maximum atomic E-state index is 13.3. The Labute approximate surface area is 201 Å². The Morgan fingerprint density at radius 3 is 2.59 bits per heavy atom. The second-order valence-corrected chi connectivity index (χ2v) is 12.8. The van der Waals surface area contributed by atoms with Crippen molar-refractivity contribution in [3.8, 4) is 0 Å². The van der Waals surface area contributed by atoms with Gasteiger partial charge in [0.2, 0.25) is 0 Å². The molecule has 12 atom stereocenters. The molecule has 3 heterocycles. The van der Waals surface area contributed by atoms with E-state index < -0.39 is 17.1 Å². The molecule has 6 heteroatoms. The van der Waals surface area contributed by atoms with Crippen LogP contribution in [0.25, 0.3) is 0 Å². The van der Waals surface area contributed by atoms with Gasteiger partial charge in [-0.15, -0.1) is 0 Å². The molecular weight excluding hydrogens is 432 g/mol. The number of esters is 1. The lowest BCUT2D eigenvalue weighted by Gasteiger charge is -2.58. The summed E-state index contributed by atoms with van der Waals surface area (Å²) >= 11 is 0. The second kappa shape index (κ2) is 6.24. The largest absolute Gasteiger partial charge is 0.458 e. The van der Waals surface area contributed by atoms with Gasteiger partial charge in [-0.05, 0) is 76.4 Å². The number of aliphatic hydroxyl groups excluding tert-OH is 1. The third kappa shape index (κ3) is 2.13. The SMILES string of the molecule is CC1=C(C)C(=O)O[C@@H]([C@@H](C)[C@@]23O[C@@H]2C[C@@H]2[C@@H]4C[C@H]5O[C@]56[C@@H](O)C=CC(=O)[C@]6(C)[C@H]4CC[C@@]23C)C1. The van der Waals surface area contributed by atoms with Crippen LogP contribution in [-0.4, -0.2) is 52.5 Å². The highest BCUT2D eigenvalue weighted by molar-refractivity contribution is 5.98. The highest BCUT2D eigenvalue weighted by Crippen LogP contribution is 2.78. The zero-order valence-electron chi connectivity index (χ0n) is 20.8. The predicted octanol–water partition coefficient (Wildman–Crippen LogP) is 3.51. The first-order valence-corrected chi connectivity index (χ1v) is 13.2. The summed E-state index contributed by atoms with van der Waals surface area (Å²) in [4.78, 5) is 25.8. The van der Waals surface area contributed by atoms with E-state index in [0.717, 1.165) is 43.3 Å². The number of carbonyl (C=O) groups is 2. The maximum Gasteiger partial charge on any atom is 0.333 e. The topological polar surface area (TPSA) is 88.7 Å². The average molecular weight is 469 g/mol. The molecule has 3 saturated carbocycles. The number of rotatable bonds is 2. The molecule has 3 aliphatic heterocycles. The Hall–Kier alpha value is -1.50. The minimum Gasteiger partial charge on any atom is -0.458 e. The highest BCUT2D eigenvalue weighted by Gasteiger charge is 2.84. The van der Waals surface area contributed by atoms with Crippen LogP contribution in [0.4, 0.5) is 0 Å². The monoisotopic (exact) mass is 468 g/mol. The zero-order chi connectivity index (χ0) is 24.0. The molecule has 5 fully saturated rings. The van der Waals surface area contributed by atoms with E-state index in [-0.39, 0.29) is 52.9 Å². The number of epoxide rings is 2. The lowest BCUT2D eigenvalue weighted by atomic mass is 9.44. The fourth-order valence-electron chi connectivity index (χ4n) is 9.96. The summed E-state index contributed by atoms with van der Waals surface area (Å²) in [7, 11) is 0. The molecule has 2 saturated heterocycles. The molecule has 34 heavy (non-hydrogen) atoms. The quantitative estimate of drug-likeness (QED) is 0.493. The van der Waals surface area contributed by atoms with Crippen LogP contribution in [0, 0.1) is 34.5 Å². The van der Waals surface area contributed by atoms with Gasteiger partial charge in [0.15, 0.2) is 5.78 Å². The van der Waals surface area contributed by atoms with Gasteiger partial charge >= 0.3 is 5.97 Å². The molecule has 7 aliphatic rings. The van der Waals surface area contributed by atoms with Crippen LogP contribution in [0.3, 0.4) is 0 Å². The molecule has 6 nitrogen and oxygen atoms in total. The van der Waals surface area contributed by atoms with E-state index in [2.05, 4.69) is 20.8 Å². The predicted molar refractivity (Wildman–Crippen MR) is 123 cm³/mol.